The van der Waals surface area contributed by atoms with Crippen molar-refractivity contribution in [2.24, 2.45) is 5.92 Å². The van der Waals surface area contributed by atoms with Gasteiger partial charge in [0.05, 0.1) is 44.1 Å². The summed E-state index contributed by atoms with van der Waals surface area (Å²) in [6.45, 7) is 2.15. The Hall–Kier alpha value is -5.06. The van der Waals surface area contributed by atoms with Gasteiger partial charge in [-0.2, -0.15) is 20.5 Å². The van der Waals surface area contributed by atoms with Gasteiger partial charge in [-0.25, -0.2) is 0 Å². The molecule has 1 aliphatic heterocycles. The first-order valence-electron chi connectivity index (χ1n) is 12.3. The number of hydrogen-bond donors (Lipinski definition) is 2. The predicted molar refractivity (Wildman–Crippen MR) is 146 cm³/mol. The SMILES string of the molecule is COc1cc2cc(C#N)ccc2c(OC)c1Oc1cc(NCC2CCOC2)nc(Nc2ccc(C#N)cc2)n1. The van der Waals surface area contributed by atoms with Crippen LogP contribution in [-0.4, -0.2) is 43.9 Å². The average Bonchev–Trinajstić information content (AvgIpc) is 3.49. The van der Waals surface area contributed by atoms with Gasteiger partial charge in [-0.15, -0.1) is 0 Å². The summed E-state index contributed by atoms with van der Waals surface area (Å²) < 4.78 is 23.2. The second kappa shape index (κ2) is 11.5. The van der Waals surface area contributed by atoms with E-state index in [4.69, 9.17) is 24.2 Å². The summed E-state index contributed by atoms with van der Waals surface area (Å²) in [5.41, 5.74) is 1.80. The molecule has 1 aromatic heterocycles. The van der Waals surface area contributed by atoms with E-state index in [0.29, 0.717) is 59.2 Å². The third-order valence-corrected chi connectivity index (χ3v) is 6.34. The number of aromatic nitrogens is 2. The van der Waals surface area contributed by atoms with Crippen molar-refractivity contribution < 1.29 is 18.9 Å². The molecule has 1 fully saturated rings. The predicted octanol–water partition coefficient (Wildman–Crippen LogP) is 5.37. The molecule has 2 N–H and O–H groups in total. The summed E-state index contributed by atoms with van der Waals surface area (Å²) >= 11 is 0. The van der Waals surface area contributed by atoms with E-state index in [-0.39, 0.29) is 5.88 Å². The number of rotatable bonds is 9. The van der Waals surface area contributed by atoms with Crippen molar-refractivity contribution >= 4 is 28.2 Å². The molecule has 10 nitrogen and oxygen atoms in total. The molecular weight excluding hydrogens is 496 g/mol. The van der Waals surface area contributed by atoms with Crippen LogP contribution in [0.2, 0.25) is 0 Å². The van der Waals surface area contributed by atoms with Gasteiger partial charge in [0.25, 0.3) is 0 Å². The molecular formula is C29H26N6O4. The molecule has 0 amide bonds. The summed E-state index contributed by atoms with van der Waals surface area (Å²) in [5.74, 6) is 2.74. The molecule has 0 radical (unpaired) electrons. The van der Waals surface area contributed by atoms with Crippen molar-refractivity contribution in [1.29, 1.82) is 10.5 Å². The van der Waals surface area contributed by atoms with E-state index in [1.165, 1.54) is 7.11 Å². The van der Waals surface area contributed by atoms with Crippen molar-refractivity contribution in [3.8, 4) is 35.3 Å². The van der Waals surface area contributed by atoms with Gasteiger partial charge < -0.3 is 29.6 Å². The highest BCUT2D eigenvalue weighted by atomic mass is 16.5. The minimum absolute atomic E-state index is 0.260. The maximum absolute atomic E-state index is 9.31. The first kappa shape index (κ1) is 25.6. The van der Waals surface area contributed by atoms with Gasteiger partial charge in [0.1, 0.15) is 5.82 Å². The third kappa shape index (κ3) is 5.77. The van der Waals surface area contributed by atoms with Crippen LogP contribution in [0.1, 0.15) is 17.5 Å². The largest absolute Gasteiger partial charge is 0.493 e. The van der Waals surface area contributed by atoms with Crippen LogP contribution in [0.3, 0.4) is 0 Å². The first-order chi connectivity index (χ1) is 19.1. The van der Waals surface area contributed by atoms with E-state index in [2.05, 4.69) is 32.7 Å². The minimum atomic E-state index is 0.260. The van der Waals surface area contributed by atoms with Crippen LogP contribution in [0, 0.1) is 28.6 Å². The molecule has 0 spiro atoms. The van der Waals surface area contributed by atoms with Crippen molar-refractivity contribution in [2.45, 2.75) is 6.42 Å². The maximum atomic E-state index is 9.31. The Bertz CT molecular complexity index is 1570. The van der Waals surface area contributed by atoms with Crippen LogP contribution in [-0.2, 0) is 4.74 Å². The summed E-state index contributed by atoms with van der Waals surface area (Å²) in [5, 5.41) is 26.5. The molecule has 1 aliphatic rings. The van der Waals surface area contributed by atoms with Crippen LogP contribution >= 0.6 is 0 Å². The normalized spacial score (nSPS) is 14.3. The lowest BCUT2D eigenvalue weighted by Crippen LogP contribution is -2.15. The summed E-state index contributed by atoms with van der Waals surface area (Å²) in [6.07, 6.45) is 0.983. The quantitative estimate of drug-likeness (QED) is 0.295. The van der Waals surface area contributed by atoms with Crippen LogP contribution in [0.4, 0.5) is 17.5 Å². The molecule has 0 bridgehead atoms. The lowest BCUT2D eigenvalue weighted by molar-refractivity contribution is 0.187. The summed E-state index contributed by atoms with van der Waals surface area (Å²) in [4.78, 5) is 9.19. The Morgan fingerprint density at radius 2 is 1.74 bits per heavy atom. The fourth-order valence-corrected chi connectivity index (χ4v) is 4.33. The number of benzene rings is 3. The molecule has 196 valence electrons. The Kier molecular flexibility index (Phi) is 7.58. The molecule has 0 aliphatic carbocycles. The van der Waals surface area contributed by atoms with Gasteiger partial charge in [-0.1, -0.05) is 0 Å². The number of nitrogens with one attached hydrogen (secondary N) is 2. The number of fused-ring (bicyclic) bond motifs is 1. The standard InChI is InChI=1S/C29H26N6O4/c1-36-24-12-21-11-19(15-31)5-8-23(21)27(37-2)28(24)39-26-13-25(32-16-20-9-10-38-17-20)34-29(35-26)33-22-6-3-18(14-30)4-7-22/h3-8,11-13,20H,9-10,16-17H2,1-2H3,(H2,32,33,34,35). The Balaban J connectivity index is 1.52. The number of nitriles is 2. The highest BCUT2D eigenvalue weighted by Crippen LogP contribution is 2.45. The fraction of sp³-hybridized carbons (Fsp3) is 0.241. The zero-order valence-electron chi connectivity index (χ0n) is 21.5. The third-order valence-electron chi connectivity index (χ3n) is 6.34. The Labute approximate surface area is 225 Å². The van der Waals surface area contributed by atoms with Gasteiger partial charge >= 0.3 is 0 Å². The number of nitrogens with zero attached hydrogens (tertiary/aromatic N) is 4. The monoisotopic (exact) mass is 522 g/mol. The number of ether oxygens (including phenoxy) is 4. The summed E-state index contributed by atoms with van der Waals surface area (Å²) in [6, 6.07) is 20.1. The topological polar surface area (TPSA) is 134 Å². The van der Waals surface area contributed by atoms with Crippen molar-refractivity contribution in [3.63, 3.8) is 0 Å². The number of methoxy groups -OCH3 is 2. The summed E-state index contributed by atoms with van der Waals surface area (Å²) in [7, 11) is 3.09. The molecule has 1 atom stereocenters. The van der Waals surface area contributed by atoms with Gasteiger partial charge in [0.2, 0.25) is 17.6 Å². The van der Waals surface area contributed by atoms with E-state index in [1.807, 2.05) is 6.07 Å². The smallest absolute Gasteiger partial charge is 0.232 e. The second-order valence-corrected chi connectivity index (χ2v) is 8.93. The van der Waals surface area contributed by atoms with Gasteiger partial charge in [0.15, 0.2) is 11.5 Å². The zero-order valence-corrected chi connectivity index (χ0v) is 21.5. The first-order valence-corrected chi connectivity index (χ1v) is 12.3. The zero-order chi connectivity index (χ0) is 27.2. The average molecular weight is 523 g/mol. The lowest BCUT2D eigenvalue weighted by atomic mass is 10.1. The van der Waals surface area contributed by atoms with Gasteiger partial charge in [-0.05, 0) is 60.3 Å². The molecule has 1 saturated heterocycles. The van der Waals surface area contributed by atoms with Crippen LogP contribution in [0.15, 0.2) is 54.6 Å². The molecule has 5 rings (SSSR count). The minimum Gasteiger partial charge on any atom is -0.493 e. The Morgan fingerprint density at radius 1 is 0.949 bits per heavy atom. The number of hydrogen-bond acceptors (Lipinski definition) is 10. The second-order valence-electron chi connectivity index (χ2n) is 8.93. The van der Waals surface area contributed by atoms with Gasteiger partial charge in [0, 0.05) is 36.2 Å². The van der Waals surface area contributed by atoms with Crippen molar-refractivity contribution in [3.05, 3.63) is 65.7 Å². The highest BCUT2D eigenvalue weighted by Gasteiger charge is 2.20. The lowest BCUT2D eigenvalue weighted by Gasteiger charge is -2.17. The van der Waals surface area contributed by atoms with E-state index in [0.717, 1.165) is 29.5 Å². The molecule has 39 heavy (non-hydrogen) atoms. The molecule has 2 heterocycles. The van der Waals surface area contributed by atoms with E-state index in [9.17, 15) is 5.26 Å². The fourth-order valence-electron chi connectivity index (χ4n) is 4.33. The van der Waals surface area contributed by atoms with E-state index in [1.54, 1.807) is 55.6 Å². The molecule has 4 aromatic rings. The van der Waals surface area contributed by atoms with Crippen molar-refractivity contribution in [2.75, 3.05) is 44.6 Å². The molecule has 0 saturated carbocycles. The molecule has 10 heteroatoms. The van der Waals surface area contributed by atoms with E-state index >= 15 is 0 Å². The van der Waals surface area contributed by atoms with Crippen LogP contribution < -0.4 is 24.8 Å². The van der Waals surface area contributed by atoms with E-state index < -0.39 is 0 Å². The van der Waals surface area contributed by atoms with Crippen molar-refractivity contribution in [1.82, 2.24) is 9.97 Å². The maximum Gasteiger partial charge on any atom is 0.232 e. The number of anilines is 3. The highest BCUT2D eigenvalue weighted by molar-refractivity contribution is 5.94. The van der Waals surface area contributed by atoms with Crippen LogP contribution in [0.25, 0.3) is 10.8 Å². The van der Waals surface area contributed by atoms with Crippen LogP contribution in [0.5, 0.6) is 23.1 Å². The molecule has 3 aromatic carbocycles. The molecule has 1 unspecified atom stereocenters. The van der Waals surface area contributed by atoms with Gasteiger partial charge in [-0.3, -0.25) is 0 Å². The Morgan fingerprint density at radius 3 is 2.44 bits per heavy atom.